The molecule has 0 spiro atoms. The van der Waals surface area contributed by atoms with Crippen molar-refractivity contribution >= 4 is 11.7 Å². The first-order chi connectivity index (χ1) is 10.6. The van der Waals surface area contributed by atoms with Gasteiger partial charge in [-0.3, -0.25) is 4.40 Å². The fourth-order valence-electron chi connectivity index (χ4n) is 2.80. The van der Waals surface area contributed by atoms with E-state index in [1.54, 1.807) is 4.90 Å². The van der Waals surface area contributed by atoms with Crippen molar-refractivity contribution in [2.75, 3.05) is 19.6 Å². The monoisotopic (exact) mass is 303 g/mol. The SMILES string of the molecule is C[C@@H]1CN(C(=O)NCCc2nnc3ccccn23)C[C@H](C)O1. The number of urea groups is 1. The molecule has 0 aromatic carbocycles. The Morgan fingerprint density at radius 1 is 1.32 bits per heavy atom. The molecule has 0 saturated carbocycles. The minimum absolute atomic E-state index is 0.0455. The van der Waals surface area contributed by atoms with Crippen molar-refractivity contribution < 1.29 is 9.53 Å². The van der Waals surface area contributed by atoms with Gasteiger partial charge in [-0.15, -0.1) is 10.2 Å². The highest BCUT2D eigenvalue weighted by Crippen LogP contribution is 2.10. The van der Waals surface area contributed by atoms with Crippen LogP contribution in [-0.2, 0) is 11.2 Å². The standard InChI is InChI=1S/C15H21N5O2/c1-11-9-19(10-12(2)22-11)15(21)16-7-6-14-18-17-13-5-3-4-8-20(13)14/h3-5,8,11-12H,6-7,9-10H2,1-2H3,(H,16,21)/t11-,12+. The highest BCUT2D eigenvalue weighted by atomic mass is 16.5. The lowest BCUT2D eigenvalue weighted by atomic mass is 10.2. The van der Waals surface area contributed by atoms with Crippen LogP contribution >= 0.6 is 0 Å². The highest BCUT2D eigenvalue weighted by Gasteiger charge is 2.25. The van der Waals surface area contributed by atoms with Crippen LogP contribution in [0.5, 0.6) is 0 Å². The third-order valence-electron chi connectivity index (χ3n) is 3.72. The number of aromatic nitrogens is 3. The molecule has 0 unspecified atom stereocenters. The summed E-state index contributed by atoms with van der Waals surface area (Å²) in [5.41, 5.74) is 0.819. The summed E-state index contributed by atoms with van der Waals surface area (Å²) in [5.74, 6) is 0.847. The van der Waals surface area contributed by atoms with Gasteiger partial charge in [0.1, 0.15) is 5.82 Å². The Labute approximate surface area is 129 Å². The summed E-state index contributed by atoms with van der Waals surface area (Å²) in [6, 6.07) is 5.73. The van der Waals surface area contributed by atoms with Gasteiger partial charge in [-0.05, 0) is 26.0 Å². The van der Waals surface area contributed by atoms with E-state index in [1.807, 2.05) is 42.6 Å². The van der Waals surface area contributed by atoms with Gasteiger partial charge in [0, 0.05) is 32.3 Å². The number of carbonyl (C=O) groups excluding carboxylic acids is 1. The predicted molar refractivity (Wildman–Crippen MR) is 81.7 cm³/mol. The molecule has 2 aromatic heterocycles. The molecule has 1 aliphatic heterocycles. The van der Waals surface area contributed by atoms with Gasteiger partial charge >= 0.3 is 6.03 Å². The van der Waals surface area contributed by atoms with Crippen LogP contribution in [0, 0.1) is 0 Å². The van der Waals surface area contributed by atoms with Crippen molar-refractivity contribution in [1.29, 1.82) is 0 Å². The van der Waals surface area contributed by atoms with Crippen molar-refractivity contribution in [2.45, 2.75) is 32.5 Å². The van der Waals surface area contributed by atoms with Crippen LogP contribution in [0.15, 0.2) is 24.4 Å². The van der Waals surface area contributed by atoms with E-state index in [2.05, 4.69) is 15.5 Å². The number of ether oxygens (including phenoxy) is 1. The molecule has 1 aliphatic rings. The normalized spacial score (nSPS) is 22.0. The van der Waals surface area contributed by atoms with E-state index in [0.717, 1.165) is 11.5 Å². The van der Waals surface area contributed by atoms with Crippen LogP contribution in [0.4, 0.5) is 4.79 Å². The van der Waals surface area contributed by atoms with Crippen molar-refractivity contribution in [1.82, 2.24) is 24.8 Å². The number of carbonyl (C=O) groups is 1. The lowest BCUT2D eigenvalue weighted by Crippen LogP contribution is -2.51. The van der Waals surface area contributed by atoms with Gasteiger partial charge in [-0.2, -0.15) is 0 Å². The van der Waals surface area contributed by atoms with Crippen molar-refractivity contribution in [3.63, 3.8) is 0 Å². The number of nitrogens with one attached hydrogen (secondary N) is 1. The van der Waals surface area contributed by atoms with Crippen LogP contribution in [0.2, 0.25) is 0 Å². The molecule has 1 N–H and O–H groups in total. The van der Waals surface area contributed by atoms with Crippen LogP contribution in [0.25, 0.3) is 5.65 Å². The quantitative estimate of drug-likeness (QED) is 0.921. The number of rotatable bonds is 3. The molecule has 3 heterocycles. The van der Waals surface area contributed by atoms with Crippen molar-refractivity contribution in [3.8, 4) is 0 Å². The number of nitrogens with zero attached hydrogens (tertiary/aromatic N) is 4. The lowest BCUT2D eigenvalue weighted by molar-refractivity contribution is -0.0544. The number of amides is 2. The maximum absolute atomic E-state index is 12.2. The molecule has 2 atom stereocenters. The number of morpholine rings is 1. The summed E-state index contributed by atoms with van der Waals surface area (Å²) >= 11 is 0. The molecule has 2 aromatic rings. The predicted octanol–water partition coefficient (Wildman–Crippen LogP) is 1.09. The van der Waals surface area contributed by atoms with Crippen molar-refractivity contribution in [3.05, 3.63) is 30.2 Å². The van der Waals surface area contributed by atoms with Crippen LogP contribution in [0.3, 0.4) is 0 Å². The molecule has 0 aliphatic carbocycles. The summed E-state index contributed by atoms with van der Waals surface area (Å²) < 4.78 is 7.57. The molecular formula is C15H21N5O2. The fraction of sp³-hybridized carbons (Fsp3) is 0.533. The Morgan fingerprint density at radius 3 is 2.86 bits per heavy atom. The maximum Gasteiger partial charge on any atom is 0.317 e. The number of fused-ring (bicyclic) bond motifs is 1. The number of hydrogen-bond acceptors (Lipinski definition) is 4. The Bertz CT molecular complexity index is 646. The molecule has 7 heteroatoms. The largest absolute Gasteiger partial charge is 0.372 e. The van der Waals surface area contributed by atoms with Gasteiger partial charge in [0.05, 0.1) is 12.2 Å². The summed E-state index contributed by atoms with van der Waals surface area (Å²) in [5, 5.41) is 11.2. The molecule has 118 valence electrons. The van der Waals surface area contributed by atoms with E-state index in [0.29, 0.717) is 26.1 Å². The molecule has 0 radical (unpaired) electrons. The smallest absolute Gasteiger partial charge is 0.317 e. The second-order valence-corrected chi connectivity index (χ2v) is 5.69. The Hall–Kier alpha value is -2.15. The summed E-state index contributed by atoms with van der Waals surface area (Å²) in [7, 11) is 0. The van der Waals surface area contributed by atoms with Crippen molar-refractivity contribution in [2.24, 2.45) is 0 Å². The van der Waals surface area contributed by atoms with E-state index in [1.165, 1.54) is 0 Å². The third kappa shape index (κ3) is 3.19. The van der Waals surface area contributed by atoms with Gasteiger partial charge in [0.2, 0.25) is 0 Å². The van der Waals surface area contributed by atoms with E-state index >= 15 is 0 Å². The van der Waals surface area contributed by atoms with Gasteiger partial charge in [-0.1, -0.05) is 6.07 Å². The van der Waals surface area contributed by atoms with Crippen LogP contribution in [-0.4, -0.2) is 57.4 Å². The summed E-state index contributed by atoms with van der Waals surface area (Å²) in [4.78, 5) is 14.0. The second kappa shape index (κ2) is 6.31. The van der Waals surface area contributed by atoms with Gasteiger partial charge in [-0.25, -0.2) is 4.79 Å². The zero-order valence-corrected chi connectivity index (χ0v) is 12.9. The molecule has 7 nitrogen and oxygen atoms in total. The van der Waals surface area contributed by atoms with Gasteiger partial charge in [0.25, 0.3) is 0 Å². The zero-order chi connectivity index (χ0) is 15.5. The average Bonchev–Trinajstić information content (AvgIpc) is 2.90. The van der Waals surface area contributed by atoms with Crippen LogP contribution < -0.4 is 5.32 Å². The minimum Gasteiger partial charge on any atom is -0.372 e. The molecule has 2 amide bonds. The minimum atomic E-state index is -0.0455. The summed E-state index contributed by atoms with van der Waals surface area (Å²) in [6.45, 7) is 5.76. The van der Waals surface area contributed by atoms with Gasteiger partial charge < -0.3 is 15.0 Å². The molecular weight excluding hydrogens is 282 g/mol. The first-order valence-corrected chi connectivity index (χ1v) is 7.60. The number of hydrogen-bond donors (Lipinski definition) is 1. The molecule has 0 bridgehead atoms. The Balaban J connectivity index is 1.53. The van der Waals surface area contributed by atoms with E-state index in [-0.39, 0.29) is 18.2 Å². The second-order valence-electron chi connectivity index (χ2n) is 5.69. The average molecular weight is 303 g/mol. The topological polar surface area (TPSA) is 71.8 Å². The van der Waals surface area contributed by atoms with Crippen LogP contribution in [0.1, 0.15) is 19.7 Å². The molecule has 3 rings (SSSR count). The third-order valence-corrected chi connectivity index (χ3v) is 3.72. The molecule has 1 fully saturated rings. The van der Waals surface area contributed by atoms with E-state index < -0.39 is 0 Å². The van der Waals surface area contributed by atoms with Gasteiger partial charge in [0.15, 0.2) is 5.65 Å². The van der Waals surface area contributed by atoms with E-state index in [4.69, 9.17) is 4.74 Å². The summed E-state index contributed by atoms with van der Waals surface area (Å²) in [6.07, 6.45) is 2.73. The zero-order valence-electron chi connectivity index (χ0n) is 12.9. The first kappa shape index (κ1) is 14.8. The fourth-order valence-corrected chi connectivity index (χ4v) is 2.80. The maximum atomic E-state index is 12.2. The van der Waals surface area contributed by atoms with E-state index in [9.17, 15) is 4.79 Å². The molecule has 22 heavy (non-hydrogen) atoms. The Kier molecular flexibility index (Phi) is 4.24. The highest BCUT2D eigenvalue weighted by molar-refractivity contribution is 5.74. The lowest BCUT2D eigenvalue weighted by Gasteiger charge is -2.35. The Morgan fingerprint density at radius 2 is 2.09 bits per heavy atom. The number of pyridine rings is 1. The molecule has 1 saturated heterocycles. The first-order valence-electron chi connectivity index (χ1n) is 7.60.